The topological polar surface area (TPSA) is 159 Å². The van der Waals surface area contributed by atoms with Crippen LogP contribution in [0.5, 0.6) is 5.75 Å². The molecule has 262 valence electrons. The van der Waals surface area contributed by atoms with Crippen LogP contribution in [0.1, 0.15) is 94.7 Å². The number of hydrogen-bond donors (Lipinski definition) is 1. The monoisotopic (exact) mass is 660 g/mol. The first-order valence-corrected chi connectivity index (χ1v) is 15.7. The molecule has 47 heavy (non-hydrogen) atoms. The number of ether oxygens (including phenoxy) is 6. The predicted octanol–water partition coefficient (Wildman–Crippen LogP) is 5.04. The normalized spacial score (nSPS) is 22.7. The Kier molecular flexibility index (Phi) is 12.6. The summed E-state index contributed by atoms with van der Waals surface area (Å²) >= 11 is 0. The Balaban J connectivity index is 2.75. The summed E-state index contributed by atoms with van der Waals surface area (Å²) in [7, 11) is 1.52. The maximum Gasteiger partial charge on any atom is 0.311 e. The zero-order chi connectivity index (χ0) is 36.1. The molecule has 1 aliphatic heterocycles. The van der Waals surface area contributed by atoms with Crippen molar-refractivity contribution in [1.82, 2.24) is 5.32 Å². The van der Waals surface area contributed by atoms with Gasteiger partial charge in [-0.25, -0.2) is 0 Å². The molecule has 1 aliphatic rings. The summed E-state index contributed by atoms with van der Waals surface area (Å²) in [5, 5.41) is 13.3. The molecular weight excluding hydrogens is 608 g/mol. The standard InChI is InChI=1S/C35H52N2O10/c1-32(2,3)28(38)43-19-23-24(45-29(39)33(4,5)6)25(46-30(40)34(7,8)9)26(47-31(41)35(10,11)12)27(44-23)37-22(18-36)20-14-16-21(42-13)17-15-20/h14-17,22-27,37H,19H2,1-13H3/t22?,23?,24-,25-,26?,27-/m1/s1. The third-order valence-electron chi connectivity index (χ3n) is 7.10. The van der Waals surface area contributed by atoms with Crippen molar-refractivity contribution in [1.29, 1.82) is 5.26 Å². The third kappa shape index (κ3) is 10.9. The van der Waals surface area contributed by atoms with Crippen LogP contribution >= 0.6 is 0 Å². The molecule has 0 spiro atoms. The van der Waals surface area contributed by atoms with E-state index in [-0.39, 0.29) is 0 Å². The van der Waals surface area contributed by atoms with E-state index in [0.29, 0.717) is 11.3 Å². The number of nitrogens with one attached hydrogen (secondary N) is 1. The van der Waals surface area contributed by atoms with Gasteiger partial charge in [-0.1, -0.05) is 12.1 Å². The molecule has 2 rings (SSSR count). The fourth-order valence-corrected chi connectivity index (χ4v) is 4.03. The van der Waals surface area contributed by atoms with Crippen molar-refractivity contribution in [3.8, 4) is 11.8 Å². The minimum Gasteiger partial charge on any atom is -0.497 e. The van der Waals surface area contributed by atoms with Gasteiger partial charge in [0.2, 0.25) is 0 Å². The Hall–Kier alpha value is -3.69. The molecule has 0 amide bonds. The molecule has 0 saturated carbocycles. The fourth-order valence-electron chi connectivity index (χ4n) is 4.03. The molecule has 0 bridgehead atoms. The van der Waals surface area contributed by atoms with Gasteiger partial charge >= 0.3 is 23.9 Å². The molecular formula is C35H52N2O10. The number of nitrogens with zero attached hydrogens (tertiary/aromatic N) is 1. The average molecular weight is 661 g/mol. The van der Waals surface area contributed by atoms with Crippen LogP contribution in [0.3, 0.4) is 0 Å². The maximum absolute atomic E-state index is 13.4. The van der Waals surface area contributed by atoms with E-state index in [1.54, 1.807) is 107 Å². The summed E-state index contributed by atoms with van der Waals surface area (Å²) < 4.78 is 35.3. The van der Waals surface area contributed by atoms with Crippen LogP contribution in [0.15, 0.2) is 24.3 Å². The summed E-state index contributed by atoms with van der Waals surface area (Å²) in [5.41, 5.74) is -3.32. The first-order valence-electron chi connectivity index (χ1n) is 15.7. The number of benzene rings is 1. The van der Waals surface area contributed by atoms with Crippen LogP contribution < -0.4 is 10.1 Å². The molecule has 0 radical (unpaired) electrons. The summed E-state index contributed by atoms with van der Waals surface area (Å²) in [6.07, 6.45) is -6.72. The molecule has 0 aliphatic carbocycles. The van der Waals surface area contributed by atoms with E-state index in [0.717, 1.165) is 0 Å². The molecule has 1 heterocycles. The number of carbonyl (C=O) groups is 4. The third-order valence-corrected chi connectivity index (χ3v) is 7.10. The minimum atomic E-state index is -1.43. The highest BCUT2D eigenvalue weighted by molar-refractivity contribution is 5.78. The van der Waals surface area contributed by atoms with E-state index in [1.807, 2.05) is 0 Å². The van der Waals surface area contributed by atoms with Crippen molar-refractivity contribution >= 4 is 23.9 Å². The Bertz CT molecular complexity index is 1310. The molecule has 1 fully saturated rings. The van der Waals surface area contributed by atoms with Crippen LogP contribution in [0.25, 0.3) is 0 Å². The number of carbonyl (C=O) groups excluding carboxylic acids is 4. The van der Waals surface area contributed by atoms with Gasteiger partial charge in [-0.3, -0.25) is 24.5 Å². The number of rotatable bonds is 9. The van der Waals surface area contributed by atoms with Gasteiger partial charge in [0.25, 0.3) is 0 Å². The summed E-state index contributed by atoms with van der Waals surface area (Å²) in [6.45, 7) is 19.5. The second-order valence-corrected chi connectivity index (χ2v) is 15.8. The van der Waals surface area contributed by atoms with Crippen LogP contribution in [0.4, 0.5) is 0 Å². The summed E-state index contributed by atoms with van der Waals surface area (Å²) in [5.74, 6) is -1.96. The zero-order valence-electron chi connectivity index (χ0n) is 30.0. The molecule has 1 aromatic carbocycles. The van der Waals surface area contributed by atoms with Gasteiger partial charge in [0.05, 0.1) is 34.8 Å². The van der Waals surface area contributed by atoms with Crippen LogP contribution in [0, 0.1) is 33.0 Å². The lowest BCUT2D eigenvalue weighted by molar-refractivity contribution is -0.265. The minimum absolute atomic E-state index is 0.403. The maximum atomic E-state index is 13.4. The SMILES string of the molecule is COc1ccc(C(C#N)N[C@@H]2OC(COC(=O)C(C)(C)C)[C@@H](OC(=O)C(C)(C)C)[C@@H](OC(=O)C(C)(C)C)C2OC(=O)C(C)(C)C)cc1. The predicted molar refractivity (Wildman–Crippen MR) is 172 cm³/mol. The Morgan fingerprint density at radius 1 is 0.723 bits per heavy atom. The van der Waals surface area contributed by atoms with Crippen LogP contribution in [0.2, 0.25) is 0 Å². The Labute approximate surface area is 278 Å². The average Bonchev–Trinajstić information content (AvgIpc) is 2.95. The van der Waals surface area contributed by atoms with Gasteiger partial charge in [-0.15, -0.1) is 0 Å². The molecule has 0 aromatic heterocycles. The van der Waals surface area contributed by atoms with Gasteiger partial charge in [0.15, 0.2) is 24.5 Å². The van der Waals surface area contributed by atoms with Gasteiger partial charge in [-0.05, 0) is 101 Å². The van der Waals surface area contributed by atoms with E-state index in [4.69, 9.17) is 28.4 Å². The van der Waals surface area contributed by atoms with Crippen molar-refractivity contribution in [3.05, 3.63) is 29.8 Å². The van der Waals surface area contributed by atoms with Crippen molar-refractivity contribution in [2.75, 3.05) is 13.7 Å². The van der Waals surface area contributed by atoms with E-state index in [9.17, 15) is 24.4 Å². The second kappa shape index (κ2) is 15.0. The van der Waals surface area contributed by atoms with Crippen molar-refractivity contribution in [2.24, 2.45) is 21.7 Å². The van der Waals surface area contributed by atoms with E-state index < -0.39 is 88.8 Å². The fraction of sp³-hybridized carbons (Fsp3) is 0.686. The van der Waals surface area contributed by atoms with Gasteiger partial charge in [0, 0.05) is 0 Å². The highest BCUT2D eigenvalue weighted by Crippen LogP contribution is 2.34. The van der Waals surface area contributed by atoms with Gasteiger partial charge < -0.3 is 28.4 Å². The number of hydrogen-bond acceptors (Lipinski definition) is 12. The van der Waals surface area contributed by atoms with E-state index in [2.05, 4.69) is 11.4 Å². The second-order valence-electron chi connectivity index (χ2n) is 15.8. The molecule has 1 aromatic rings. The number of methoxy groups -OCH3 is 1. The molecule has 1 saturated heterocycles. The first-order chi connectivity index (χ1) is 21.4. The Morgan fingerprint density at radius 2 is 1.15 bits per heavy atom. The summed E-state index contributed by atoms with van der Waals surface area (Å²) in [4.78, 5) is 53.0. The first kappa shape index (κ1) is 39.5. The van der Waals surface area contributed by atoms with Gasteiger partial charge in [-0.2, -0.15) is 5.26 Å². The van der Waals surface area contributed by atoms with Crippen molar-refractivity contribution < 1.29 is 47.6 Å². The van der Waals surface area contributed by atoms with Crippen molar-refractivity contribution in [3.63, 3.8) is 0 Å². The lowest BCUT2D eigenvalue weighted by atomic mass is 9.92. The van der Waals surface area contributed by atoms with E-state index >= 15 is 0 Å². The summed E-state index contributed by atoms with van der Waals surface area (Å²) in [6, 6.07) is 7.92. The number of esters is 4. The zero-order valence-corrected chi connectivity index (χ0v) is 30.0. The molecule has 12 heteroatoms. The number of nitriles is 1. The molecule has 6 atom stereocenters. The highest BCUT2D eigenvalue weighted by Gasteiger charge is 2.55. The quantitative estimate of drug-likeness (QED) is 0.278. The lowest BCUT2D eigenvalue weighted by Gasteiger charge is -2.46. The highest BCUT2D eigenvalue weighted by atomic mass is 16.7. The smallest absolute Gasteiger partial charge is 0.311 e. The van der Waals surface area contributed by atoms with E-state index in [1.165, 1.54) is 7.11 Å². The molecule has 12 nitrogen and oxygen atoms in total. The van der Waals surface area contributed by atoms with Gasteiger partial charge in [0.1, 0.15) is 24.5 Å². The van der Waals surface area contributed by atoms with Crippen LogP contribution in [-0.4, -0.2) is 68.2 Å². The van der Waals surface area contributed by atoms with Crippen molar-refractivity contribution in [2.45, 2.75) is 120 Å². The largest absolute Gasteiger partial charge is 0.497 e. The van der Waals surface area contributed by atoms with Crippen LogP contribution in [-0.2, 0) is 42.9 Å². The Morgan fingerprint density at radius 3 is 1.55 bits per heavy atom. The lowest BCUT2D eigenvalue weighted by Crippen LogP contribution is -2.66. The molecule has 1 N–H and O–H groups in total. The molecule has 3 unspecified atom stereocenters.